The molecule has 8 heteroatoms. The summed E-state index contributed by atoms with van der Waals surface area (Å²) in [5.41, 5.74) is 1.98. The van der Waals surface area contributed by atoms with Crippen LogP contribution in [-0.2, 0) is 16.3 Å². The molecule has 2 aromatic rings. The van der Waals surface area contributed by atoms with E-state index in [9.17, 15) is 12.8 Å². The zero-order chi connectivity index (χ0) is 19.7. The maximum Gasteiger partial charge on any atom is 0.164 e. The summed E-state index contributed by atoms with van der Waals surface area (Å²) in [6, 6.07) is 14.3. The van der Waals surface area contributed by atoms with E-state index in [1.807, 2.05) is 23.1 Å². The summed E-state index contributed by atoms with van der Waals surface area (Å²) in [4.78, 5) is 6.61. The summed E-state index contributed by atoms with van der Waals surface area (Å²) in [6.45, 7) is 0. The average molecular weight is 439 g/mol. The third-order valence-electron chi connectivity index (χ3n) is 4.97. The maximum atomic E-state index is 13.6. The van der Waals surface area contributed by atoms with Crippen LogP contribution in [0.15, 0.2) is 53.5 Å². The standard InChI is InChI=1S/C20H20ClFN2O2S2/c21-16-11-15(8-9-17(16)22)24-19-13-28(25,26)12-18(19)23-20(24)27-10-4-7-14-5-2-1-3-6-14/h1-3,5-6,8-9,11,18-19H,4,7,10,12-13H2. The van der Waals surface area contributed by atoms with E-state index in [1.54, 1.807) is 23.9 Å². The van der Waals surface area contributed by atoms with Gasteiger partial charge in [-0.25, -0.2) is 12.8 Å². The van der Waals surface area contributed by atoms with Gasteiger partial charge in [0.2, 0.25) is 0 Å². The highest BCUT2D eigenvalue weighted by Gasteiger charge is 2.47. The minimum atomic E-state index is -3.11. The number of fused-ring (bicyclic) bond motifs is 1. The molecule has 2 aliphatic rings. The van der Waals surface area contributed by atoms with Gasteiger partial charge >= 0.3 is 0 Å². The van der Waals surface area contributed by atoms with Crippen LogP contribution in [0, 0.1) is 5.82 Å². The summed E-state index contributed by atoms with van der Waals surface area (Å²) in [5.74, 6) is 0.501. The number of aryl methyl sites for hydroxylation is 1. The number of benzene rings is 2. The van der Waals surface area contributed by atoms with Crippen LogP contribution in [0.3, 0.4) is 0 Å². The maximum absolute atomic E-state index is 13.6. The summed E-state index contributed by atoms with van der Waals surface area (Å²) in [6.07, 6.45) is 1.96. The number of halogens is 2. The number of sulfone groups is 1. The van der Waals surface area contributed by atoms with Crippen molar-refractivity contribution in [2.45, 2.75) is 24.9 Å². The van der Waals surface area contributed by atoms with Crippen LogP contribution >= 0.6 is 23.4 Å². The summed E-state index contributed by atoms with van der Waals surface area (Å²) >= 11 is 7.58. The Balaban J connectivity index is 1.49. The predicted molar refractivity (Wildman–Crippen MR) is 115 cm³/mol. The number of anilines is 1. The van der Waals surface area contributed by atoms with Gasteiger partial charge in [0.25, 0.3) is 0 Å². The smallest absolute Gasteiger partial charge is 0.164 e. The molecule has 0 aliphatic carbocycles. The minimum absolute atomic E-state index is 0.0234. The monoisotopic (exact) mass is 438 g/mol. The molecule has 0 radical (unpaired) electrons. The molecule has 4 rings (SSSR count). The van der Waals surface area contributed by atoms with Crippen molar-refractivity contribution in [3.8, 4) is 0 Å². The SMILES string of the molecule is O=S1(=O)CC2N=C(SCCCc3ccccc3)N(c3ccc(F)c(Cl)c3)C2C1. The Morgan fingerprint density at radius 3 is 2.71 bits per heavy atom. The Hall–Kier alpha value is -1.57. The summed E-state index contributed by atoms with van der Waals surface area (Å²) in [7, 11) is -3.11. The molecular formula is C20H20ClFN2O2S2. The van der Waals surface area contributed by atoms with E-state index in [-0.39, 0.29) is 28.6 Å². The number of nitrogens with zero attached hydrogens (tertiary/aromatic N) is 2. The summed E-state index contributed by atoms with van der Waals surface area (Å²) < 4.78 is 37.8. The Labute approximate surface area is 173 Å². The minimum Gasteiger partial charge on any atom is -0.315 e. The average Bonchev–Trinajstić information content (AvgIpc) is 3.13. The molecular weight excluding hydrogens is 419 g/mol. The molecule has 0 amide bonds. The summed E-state index contributed by atoms with van der Waals surface area (Å²) in [5, 5.41) is 0.816. The lowest BCUT2D eigenvalue weighted by Gasteiger charge is -2.26. The number of aliphatic imine (C=N–C) groups is 1. The van der Waals surface area contributed by atoms with Gasteiger partial charge in [0, 0.05) is 11.4 Å². The third-order valence-corrected chi connectivity index (χ3v) is 8.01. The van der Waals surface area contributed by atoms with Gasteiger partial charge in [-0.1, -0.05) is 53.7 Å². The number of thioether (sulfide) groups is 1. The normalized spacial score (nSPS) is 22.9. The second kappa shape index (κ2) is 8.05. The lowest BCUT2D eigenvalue weighted by atomic mass is 10.1. The molecule has 2 unspecified atom stereocenters. The highest BCUT2D eigenvalue weighted by Crippen LogP contribution is 2.36. The molecule has 1 fully saturated rings. The van der Waals surface area contributed by atoms with Crippen LogP contribution in [0.2, 0.25) is 5.02 Å². The molecule has 0 aromatic heterocycles. The van der Waals surface area contributed by atoms with Crippen molar-refractivity contribution in [2.75, 3.05) is 22.2 Å². The van der Waals surface area contributed by atoms with Crippen molar-refractivity contribution in [3.63, 3.8) is 0 Å². The fourth-order valence-electron chi connectivity index (χ4n) is 3.65. The third kappa shape index (κ3) is 4.21. The number of amidine groups is 1. The van der Waals surface area contributed by atoms with E-state index in [4.69, 9.17) is 11.6 Å². The topological polar surface area (TPSA) is 49.7 Å². The first-order valence-electron chi connectivity index (χ1n) is 9.12. The van der Waals surface area contributed by atoms with E-state index in [0.29, 0.717) is 5.69 Å². The van der Waals surface area contributed by atoms with Crippen molar-refractivity contribution in [2.24, 2.45) is 4.99 Å². The highest BCUT2D eigenvalue weighted by molar-refractivity contribution is 8.14. The Morgan fingerprint density at radius 2 is 1.96 bits per heavy atom. The second-order valence-corrected chi connectivity index (χ2v) is 10.7. The zero-order valence-electron chi connectivity index (χ0n) is 15.1. The number of rotatable bonds is 5. The molecule has 0 saturated carbocycles. The lowest BCUT2D eigenvalue weighted by Crippen LogP contribution is -2.39. The van der Waals surface area contributed by atoms with Crippen molar-refractivity contribution in [1.29, 1.82) is 0 Å². The quantitative estimate of drug-likeness (QED) is 0.657. The van der Waals surface area contributed by atoms with Gasteiger partial charge in [0.1, 0.15) is 5.82 Å². The predicted octanol–water partition coefficient (Wildman–Crippen LogP) is 4.19. The Kier molecular flexibility index (Phi) is 5.67. The fourth-order valence-corrected chi connectivity index (χ4v) is 6.73. The molecule has 2 heterocycles. The van der Waals surface area contributed by atoms with E-state index in [2.05, 4.69) is 17.1 Å². The van der Waals surface area contributed by atoms with Crippen molar-refractivity contribution in [3.05, 3.63) is 64.9 Å². The van der Waals surface area contributed by atoms with Crippen LogP contribution in [0.25, 0.3) is 0 Å². The fraction of sp³-hybridized carbons (Fsp3) is 0.350. The van der Waals surface area contributed by atoms with Gasteiger partial charge in [-0.05, 0) is 36.6 Å². The van der Waals surface area contributed by atoms with Gasteiger partial charge < -0.3 is 4.90 Å². The molecule has 2 atom stereocenters. The van der Waals surface area contributed by atoms with Crippen molar-refractivity contribution in [1.82, 2.24) is 0 Å². The van der Waals surface area contributed by atoms with Crippen LogP contribution in [0.1, 0.15) is 12.0 Å². The second-order valence-electron chi connectivity index (χ2n) is 7.03. The van der Waals surface area contributed by atoms with Crippen LogP contribution in [0.4, 0.5) is 10.1 Å². The molecule has 0 bridgehead atoms. The Morgan fingerprint density at radius 1 is 1.18 bits per heavy atom. The van der Waals surface area contributed by atoms with E-state index in [0.717, 1.165) is 23.8 Å². The molecule has 0 spiro atoms. The van der Waals surface area contributed by atoms with E-state index >= 15 is 0 Å². The molecule has 0 N–H and O–H groups in total. The van der Waals surface area contributed by atoms with Gasteiger partial charge in [-0.3, -0.25) is 4.99 Å². The first kappa shape index (κ1) is 19.7. The molecule has 2 aliphatic heterocycles. The van der Waals surface area contributed by atoms with Gasteiger partial charge in [-0.2, -0.15) is 0 Å². The van der Waals surface area contributed by atoms with Gasteiger partial charge in [0.05, 0.1) is 28.6 Å². The molecule has 148 valence electrons. The lowest BCUT2D eigenvalue weighted by molar-refractivity contribution is 0.601. The van der Waals surface area contributed by atoms with E-state index < -0.39 is 15.7 Å². The largest absolute Gasteiger partial charge is 0.315 e. The van der Waals surface area contributed by atoms with Crippen LogP contribution in [-0.4, -0.2) is 42.9 Å². The van der Waals surface area contributed by atoms with Gasteiger partial charge in [0.15, 0.2) is 15.0 Å². The molecule has 28 heavy (non-hydrogen) atoms. The first-order valence-corrected chi connectivity index (χ1v) is 12.3. The van der Waals surface area contributed by atoms with Crippen LogP contribution < -0.4 is 4.90 Å². The van der Waals surface area contributed by atoms with Crippen molar-refractivity contribution >= 4 is 44.1 Å². The van der Waals surface area contributed by atoms with Crippen molar-refractivity contribution < 1.29 is 12.8 Å². The zero-order valence-corrected chi connectivity index (χ0v) is 17.5. The molecule has 1 saturated heterocycles. The molecule has 4 nitrogen and oxygen atoms in total. The van der Waals surface area contributed by atoms with Gasteiger partial charge in [-0.15, -0.1) is 0 Å². The number of hydrogen-bond donors (Lipinski definition) is 0. The highest BCUT2D eigenvalue weighted by atomic mass is 35.5. The number of hydrogen-bond acceptors (Lipinski definition) is 5. The van der Waals surface area contributed by atoms with E-state index in [1.165, 1.54) is 11.6 Å². The Bertz CT molecular complexity index is 999. The molecule has 2 aromatic carbocycles. The van der Waals surface area contributed by atoms with Crippen LogP contribution in [0.5, 0.6) is 0 Å². The first-order chi connectivity index (χ1) is 13.4.